The fourth-order valence-electron chi connectivity index (χ4n) is 1.80. The van der Waals surface area contributed by atoms with E-state index in [-0.39, 0.29) is 0 Å². The molecule has 0 fully saturated rings. The van der Waals surface area contributed by atoms with Gasteiger partial charge in [-0.2, -0.15) is 0 Å². The van der Waals surface area contributed by atoms with Gasteiger partial charge in [-0.1, -0.05) is 5.92 Å². The summed E-state index contributed by atoms with van der Waals surface area (Å²) < 4.78 is 1.25. The predicted molar refractivity (Wildman–Crippen MR) is 64.5 cm³/mol. The number of hydrogen-bond donors (Lipinski definition) is 1. The predicted octanol–water partition coefficient (Wildman–Crippen LogP) is 3.11. The van der Waals surface area contributed by atoms with Gasteiger partial charge < -0.3 is 0 Å². The standard InChI is InChI=1S/C11H12BrNS/c1-2-3-6-13-9-4-5-10-8(9)7-11(12)14-10/h7,9,13H,4-6H2,1H3. The highest BCUT2D eigenvalue weighted by atomic mass is 79.9. The van der Waals surface area contributed by atoms with Gasteiger partial charge in [0.2, 0.25) is 0 Å². The van der Waals surface area contributed by atoms with E-state index in [1.807, 2.05) is 18.3 Å². The number of thiophene rings is 1. The van der Waals surface area contributed by atoms with Crippen LogP contribution in [0.3, 0.4) is 0 Å². The zero-order valence-electron chi connectivity index (χ0n) is 8.06. The third-order valence-electron chi connectivity index (χ3n) is 2.46. The third-order valence-corrected chi connectivity index (χ3v) is 4.17. The summed E-state index contributed by atoms with van der Waals surface area (Å²) in [4.78, 5) is 1.53. The van der Waals surface area contributed by atoms with E-state index < -0.39 is 0 Å². The van der Waals surface area contributed by atoms with Gasteiger partial charge in [0, 0.05) is 10.9 Å². The number of fused-ring (bicyclic) bond motifs is 1. The van der Waals surface area contributed by atoms with Crippen LogP contribution >= 0.6 is 27.3 Å². The van der Waals surface area contributed by atoms with E-state index >= 15 is 0 Å². The van der Waals surface area contributed by atoms with Crippen LogP contribution in [-0.2, 0) is 6.42 Å². The van der Waals surface area contributed by atoms with Crippen LogP contribution < -0.4 is 5.32 Å². The molecule has 1 N–H and O–H groups in total. The van der Waals surface area contributed by atoms with Crippen molar-refractivity contribution in [3.8, 4) is 11.8 Å². The average molecular weight is 270 g/mol. The Balaban J connectivity index is 2.04. The molecule has 1 nitrogen and oxygen atoms in total. The van der Waals surface area contributed by atoms with Crippen LogP contribution in [0.4, 0.5) is 0 Å². The number of aryl methyl sites for hydroxylation is 1. The van der Waals surface area contributed by atoms with E-state index in [1.54, 1.807) is 0 Å². The van der Waals surface area contributed by atoms with Gasteiger partial charge in [0.25, 0.3) is 0 Å². The van der Waals surface area contributed by atoms with Crippen LogP contribution in [0, 0.1) is 11.8 Å². The Bertz CT molecular complexity index is 386. The fraction of sp³-hybridized carbons (Fsp3) is 0.455. The summed E-state index contributed by atoms with van der Waals surface area (Å²) in [5, 5.41) is 3.46. The van der Waals surface area contributed by atoms with Gasteiger partial charge in [0.15, 0.2) is 0 Å². The van der Waals surface area contributed by atoms with Gasteiger partial charge in [0.1, 0.15) is 0 Å². The second kappa shape index (κ2) is 4.48. The monoisotopic (exact) mass is 269 g/mol. The number of nitrogens with one attached hydrogen (secondary N) is 1. The SMILES string of the molecule is CC#CCNC1CCc2sc(Br)cc21. The van der Waals surface area contributed by atoms with Crippen molar-refractivity contribution < 1.29 is 0 Å². The van der Waals surface area contributed by atoms with Crippen molar-refractivity contribution >= 4 is 27.3 Å². The van der Waals surface area contributed by atoms with Gasteiger partial charge in [-0.3, -0.25) is 5.32 Å². The molecule has 1 aliphatic carbocycles. The summed E-state index contributed by atoms with van der Waals surface area (Å²) in [6, 6.07) is 2.76. The quantitative estimate of drug-likeness (QED) is 0.814. The van der Waals surface area contributed by atoms with Crippen LogP contribution in [-0.4, -0.2) is 6.54 Å². The van der Waals surface area contributed by atoms with Gasteiger partial charge >= 0.3 is 0 Å². The molecular weight excluding hydrogens is 258 g/mol. The van der Waals surface area contributed by atoms with Crippen molar-refractivity contribution in [3.05, 3.63) is 20.3 Å². The van der Waals surface area contributed by atoms with Crippen LogP contribution in [0.25, 0.3) is 0 Å². The molecule has 14 heavy (non-hydrogen) atoms. The first-order valence-corrected chi connectivity index (χ1v) is 6.33. The second-order valence-electron chi connectivity index (χ2n) is 3.33. The maximum Gasteiger partial charge on any atom is 0.0704 e. The Morgan fingerprint density at radius 2 is 2.57 bits per heavy atom. The van der Waals surface area contributed by atoms with E-state index in [0.717, 1.165) is 6.54 Å². The first-order valence-electron chi connectivity index (χ1n) is 4.72. The van der Waals surface area contributed by atoms with Crippen molar-refractivity contribution in [2.24, 2.45) is 0 Å². The van der Waals surface area contributed by atoms with Gasteiger partial charge in [-0.15, -0.1) is 17.3 Å². The molecule has 1 atom stereocenters. The molecule has 2 rings (SSSR count). The lowest BCUT2D eigenvalue weighted by Gasteiger charge is -2.09. The molecule has 0 aromatic carbocycles. The van der Waals surface area contributed by atoms with Crippen molar-refractivity contribution in [1.82, 2.24) is 5.32 Å². The molecule has 1 aromatic heterocycles. The molecule has 1 unspecified atom stereocenters. The summed E-state index contributed by atoms with van der Waals surface area (Å²) in [7, 11) is 0. The van der Waals surface area contributed by atoms with Crippen molar-refractivity contribution in [2.45, 2.75) is 25.8 Å². The minimum absolute atomic E-state index is 0.522. The zero-order chi connectivity index (χ0) is 9.97. The Morgan fingerprint density at radius 1 is 1.71 bits per heavy atom. The van der Waals surface area contributed by atoms with Crippen molar-refractivity contribution in [3.63, 3.8) is 0 Å². The van der Waals surface area contributed by atoms with Gasteiger partial charge in [-0.05, 0) is 47.3 Å². The molecular formula is C11H12BrNS. The molecule has 74 valence electrons. The fourth-order valence-corrected chi connectivity index (χ4v) is 3.60. The molecule has 1 aromatic rings. The maximum absolute atomic E-state index is 3.53. The van der Waals surface area contributed by atoms with E-state index in [4.69, 9.17) is 0 Å². The molecule has 0 bridgehead atoms. The van der Waals surface area contributed by atoms with E-state index in [9.17, 15) is 0 Å². The molecule has 0 radical (unpaired) electrons. The Labute approximate surface area is 97.0 Å². The molecule has 0 saturated carbocycles. The zero-order valence-corrected chi connectivity index (χ0v) is 10.5. The molecule has 1 heterocycles. The van der Waals surface area contributed by atoms with Crippen LogP contribution in [0.1, 0.15) is 29.8 Å². The highest BCUT2D eigenvalue weighted by molar-refractivity contribution is 9.11. The van der Waals surface area contributed by atoms with Crippen LogP contribution in [0.15, 0.2) is 9.85 Å². The minimum atomic E-state index is 0.522. The lowest BCUT2D eigenvalue weighted by molar-refractivity contribution is 0.568. The summed E-state index contributed by atoms with van der Waals surface area (Å²) >= 11 is 5.39. The molecule has 1 aliphatic rings. The first-order chi connectivity index (χ1) is 6.81. The minimum Gasteiger partial charge on any atom is -0.299 e. The lowest BCUT2D eigenvalue weighted by atomic mass is 10.2. The molecule has 0 aliphatic heterocycles. The molecule has 0 spiro atoms. The third kappa shape index (κ3) is 2.03. The Hall–Kier alpha value is -0.300. The highest BCUT2D eigenvalue weighted by Crippen LogP contribution is 2.39. The number of hydrogen-bond acceptors (Lipinski definition) is 2. The second-order valence-corrected chi connectivity index (χ2v) is 5.84. The van der Waals surface area contributed by atoms with Crippen LogP contribution in [0.2, 0.25) is 0 Å². The first kappa shape index (κ1) is 10.2. The Kier molecular flexibility index (Phi) is 3.27. The largest absolute Gasteiger partial charge is 0.299 e. The van der Waals surface area contributed by atoms with E-state index in [2.05, 4.69) is 39.2 Å². The summed E-state index contributed by atoms with van der Waals surface area (Å²) in [5.74, 6) is 5.95. The molecule has 0 amide bonds. The van der Waals surface area contributed by atoms with Gasteiger partial charge in [-0.25, -0.2) is 0 Å². The summed E-state index contributed by atoms with van der Waals surface area (Å²) in [5.41, 5.74) is 1.47. The summed E-state index contributed by atoms with van der Waals surface area (Å²) in [6.45, 7) is 2.68. The highest BCUT2D eigenvalue weighted by Gasteiger charge is 2.23. The van der Waals surface area contributed by atoms with E-state index in [0.29, 0.717) is 6.04 Å². The lowest BCUT2D eigenvalue weighted by Crippen LogP contribution is -2.18. The topological polar surface area (TPSA) is 12.0 Å². The molecule has 3 heteroatoms. The van der Waals surface area contributed by atoms with E-state index in [1.165, 1.54) is 27.1 Å². The molecule has 0 saturated heterocycles. The van der Waals surface area contributed by atoms with Crippen LogP contribution in [0.5, 0.6) is 0 Å². The maximum atomic E-state index is 3.53. The van der Waals surface area contributed by atoms with Crippen molar-refractivity contribution in [2.75, 3.05) is 6.54 Å². The summed E-state index contributed by atoms with van der Waals surface area (Å²) in [6.07, 6.45) is 2.43. The average Bonchev–Trinajstić information content (AvgIpc) is 2.66. The van der Waals surface area contributed by atoms with Crippen molar-refractivity contribution in [1.29, 1.82) is 0 Å². The Morgan fingerprint density at radius 3 is 3.36 bits per heavy atom. The smallest absolute Gasteiger partial charge is 0.0704 e. The number of halogens is 1. The normalized spacial score (nSPS) is 18.9. The number of rotatable bonds is 2. The van der Waals surface area contributed by atoms with Gasteiger partial charge in [0.05, 0.1) is 10.3 Å².